The van der Waals surface area contributed by atoms with Gasteiger partial charge in [0, 0.05) is 36.4 Å². The van der Waals surface area contributed by atoms with Gasteiger partial charge in [-0.15, -0.1) is 0 Å². The Bertz CT molecular complexity index is 1340. The number of anilines is 1. The fourth-order valence-electron chi connectivity index (χ4n) is 3.95. The van der Waals surface area contributed by atoms with Gasteiger partial charge in [0.05, 0.1) is 11.6 Å². The monoisotopic (exact) mass is 497 g/mol. The molecule has 0 saturated carbocycles. The summed E-state index contributed by atoms with van der Waals surface area (Å²) in [5, 5.41) is 6.86. The van der Waals surface area contributed by atoms with Crippen molar-refractivity contribution in [3.63, 3.8) is 0 Å². The Hall–Kier alpha value is -3.40. The number of rotatable bonds is 4. The number of benzene rings is 2. The number of ether oxygens (including phenoxy) is 1. The maximum absolute atomic E-state index is 11.7. The fraction of sp³-hybridized carbons (Fsp3) is 0.217. The Kier molecular flexibility index (Phi) is 6.23. The van der Waals surface area contributed by atoms with Crippen LogP contribution in [0.4, 0.5) is 10.6 Å². The molecule has 1 aliphatic heterocycles. The van der Waals surface area contributed by atoms with Crippen molar-refractivity contribution in [3.8, 4) is 17.1 Å². The number of carbonyl (C=O) groups is 1. The van der Waals surface area contributed by atoms with Gasteiger partial charge < -0.3 is 15.0 Å². The number of alkyl carbamates (subject to hydrolysis) is 1. The third-order valence-corrected chi connectivity index (χ3v) is 6.10. The number of aromatic nitrogens is 4. The Labute approximate surface area is 205 Å². The molecule has 2 aromatic carbocycles. The molecule has 1 saturated heterocycles. The molecule has 34 heavy (non-hydrogen) atoms. The number of hydrogen-bond donors (Lipinski definition) is 2. The van der Waals surface area contributed by atoms with Crippen LogP contribution >= 0.6 is 23.2 Å². The highest BCUT2D eigenvalue weighted by molar-refractivity contribution is 6.33. The Morgan fingerprint density at radius 3 is 2.71 bits per heavy atom. The smallest absolute Gasteiger partial charge is 0.408 e. The van der Waals surface area contributed by atoms with Gasteiger partial charge in [0.25, 0.3) is 0 Å². The van der Waals surface area contributed by atoms with Crippen molar-refractivity contribution in [2.24, 2.45) is 0 Å². The summed E-state index contributed by atoms with van der Waals surface area (Å²) < 4.78 is 7.34. The number of amides is 1. The van der Waals surface area contributed by atoms with Crippen molar-refractivity contribution in [2.45, 2.75) is 6.23 Å². The predicted molar refractivity (Wildman–Crippen MR) is 132 cm³/mol. The third kappa shape index (κ3) is 4.25. The van der Waals surface area contributed by atoms with Crippen molar-refractivity contribution in [1.29, 1.82) is 0 Å². The van der Waals surface area contributed by atoms with Crippen LogP contribution < -0.4 is 15.5 Å². The molecule has 0 spiro atoms. The van der Waals surface area contributed by atoms with Crippen LogP contribution in [0.2, 0.25) is 10.0 Å². The summed E-state index contributed by atoms with van der Waals surface area (Å²) >= 11 is 12.7. The first-order valence-electron chi connectivity index (χ1n) is 10.7. The summed E-state index contributed by atoms with van der Waals surface area (Å²) in [7, 11) is 1.52. The second-order valence-corrected chi connectivity index (χ2v) is 8.48. The van der Waals surface area contributed by atoms with E-state index in [2.05, 4.69) is 20.6 Å². The van der Waals surface area contributed by atoms with E-state index in [-0.39, 0.29) is 0 Å². The molecule has 0 bridgehead atoms. The normalized spacial score (nSPS) is 16.0. The van der Waals surface area contributed by atoms with E-state index in [0.29, 0.717) is 52.5 Å². The molecule has 0 radical (unpaired) electrons. The molecule has 11 heteroatoms. The van der Waals surface area contributed by atoms with E-state index >= 15 is 0 Å². The van der Waals surface area contributed by atoms with Crippen molar-refractivity contribution < 1.29 is 9.53 Å². The number of nitrogens with zero attached hydrogens (tertiary/aromatic N) is 5. The summed E-state index contributed by atoms with van der Waals surface area (Å²) in [6.45, 7) is 1.69. The lowest BCUT2D eigenvalue weighted by Gasteiger charge is -2.33. The zero-order valence-electron chi connectivity index (χ0n) is 18.2. The number of nitrogens with one attached hydrogen (secondary N) is 2. The lowest BCUT2D eigenvalue weighted by atomic mass is 10.2. The van der Waals surface area contributed by atoms with Gasteiger partial charge in [-0.3, -0.25) is 9.88 Å². The van der Waals surface area contributed by atoms with E-state index in [1.807, 2.05) is 58.0 Å². The second kappa shape index (κ2) is 9.46. The molecule has 2 N–H and O–H groups in total. The summed E-state index contributed by atoms with van der Waals surface area (Å²) in [5.41, 5.74) is 2.86. The van der Waals surface area contributed by atoms with Crippen LogP contribution in [0.15, 0.2) is 54.9 Å². The van der Waals surface area contributed by atoms with E-state index in [0.717, 1.165) is 11.3 Å². The SMILES string of the molecule is CNC(=O)OC1CN(c2ncnc3c2nc(-c2ccccc2Cl)n3-c2ccc(Cl)cc2)CCN1. The molecule has 1 amide bonds. The molecule has 0 aliphatic carbocycles. The Morgan fingerprint density at radius 1 is 1.15 bits per heavy atom. The number of hydrogen-bond acceptors (Lipinski definition) is 7. The first-order chi connectivity index (χ1) is 16.5. The topological polar surface area (TPSA) is 97.2 Å². The molecule has 1 atom stereocenters. The van der Waals surface area contributed by atoms with Crippen LogP contribution in [-0.4, -0.2) is 58.5 Å². The lowest BCUT2D eigenvalue weighted by Crippen LogP contribution is -2.53. The van der Waals surface area contributed by atoms with E-state index in [1.54, 1.807) is 0 Å². The highest BCUT2D eigenvalue weighted by Crippen LogP contribution is 2.34. The van der Waals surface area contributed by atoms with Gasteiger partial charge >= 0.3 is 6.09 Å². The first-order valence-corrected chi connectivity index (χ1v) is 11.4. The summed E-state index contributed by atoms with van der Waals surface area (Å²) in [6, 6.07) is 15.0. The van der Waals surface area contributed by atoms with Gasteiger partial charge in [-0.25, -0.2) is 19.7 Å². The molecule has 1 aliphatic rings. The van der Waals surface area contributed by atoms with Crippen molar-refractivity contribution in [3.05, 3.63) is 64.9 Å². The minimum Gasteiger partial charge on any atom is -0.429 e. The predicted octanol–water partition coefficient (Wildman–Crippen LogP) is 3.88. The maximum Gasteiger partial charge on any atom is 0.408 e. The van der Waals surface area contributed by atoms with Crippen LogP contribution in [0.3, 0.4) is 0 Å². The average Bonchev–Trinajstić information content (AvgIpc) is 3.24. The van der Waals surface area contributed by atoms with Gasteiger partial charge in [-0.1, -0.05) is 35.3 Å². The van der Waals surface area contributed by atoms with E-state index in [4.69, 9.17) is 32.9 Å². The minimum absolute atomic E-state index is 0.411. The van der Waals surface area contributed by atoms with Gasteiger partial charge in [-0.2, -0.15) is 0 Å². The summed E-state index contributed by atoms with van der Waals surface area (Å²) in [5.74, 6) is 1.29. The lowest BCUT2D eigenvalue weighted by molar-refractivity contribution is 0.0766. The van der Waals surface area contributed by atoms with Gasteiger partial charge in [0.1, 0.15) is 12.2 Å². The number of halogens is 2. The highest BCUT2D eigenvalue weighted by Gasteiger charge is 2.27. The number of piperazine rings is 1. The molecular formula is C23H21Cl2N7O2. The largest absolute Gasteiger partial charge is 0.429 e. The average molecular weight is 498 g/mol. The van der Waals surface area contributed by atoms with Crippen LogP contribution in [0, 0.1) is 0 Å². The second-order valence-electron chi connectivity index (χ2n) is 7.64. The Balaban J connectivity index is 1.65. The summed E-state index contributed by atoms with van der Waals surface area (Å²) in [4.78, 5) is 27.8. The molecule has 3 heterocycles. The number of fused-ring (bicyclic) bond motifs is 1. The Morgan fingerprint density at radius 2 is 1.94 bits per heavy atom. The standard InChI is InChI=1S/C23H21Cl2N7O2/c1-26-23(33)34-18-12-31(11-10-27-18)21-19-22(29-13-28-21)32(15-8-6-14(24)7-9-15)20(30-19)16-4-2-3-5-17(16)25/h2-9,13,18,27H,10-12H2,1H3,(H,26,33). The van der Waals surface area contributed by atoms with Crippen molar-refractivity contribution >= 4 is 46.3 Å². The molecular weight excluding hydrogens is 477 g/mol. The van der Waals surface area contributed by atoms with Gasteiger partial charge in [-0.05, 0) is 36.4 Å². The molecule has 1 fully saturated rings. The third-order valence-electron chi connectivity index (χ3n) is 5.52. The molecule has 5 rings (SSSR count). The molecule has 174 valence electrons. The van der Waals surface area contributed by atoms with E-state index in [9.17, 15) is 4.79 Å². The van der Waals surface area contributed by atoms with Crippen molar-refractivity contribution in [2.75, 3.05) is 31.6 Å². The molecule has 4 aromatic rings. The van der Waals surface area contributed by atoms with E-state index < -0.39 is 12.3 Å². The fourth-order valence-corrected chi connectivity index (χ4v) is 4.29. The summed E-state index contributed by atoms with van der Waals surface area (Å²) in [6.07, 6.45) is 0.527. The van der Waals surface area contributed by atoms with Crippen LogP contribution in [-0.2, 0) is 4.74 Å². The van der Waals surface area contributed by atoms with Gasteiger partial charge in [0.2, 0.25) is 0 Å². The maximum atomic E-state index is 11.7. The number of carbonyl (C=O) groups excluding carboxylic acids is 1. The van der Waals surface area contributed by atoms with Gasteiger partial charge in [0.15, 0.2) is 23.2 Å². The zero-order chi connectivity index (χ0) is 23.7. The van der Waals surface area contributed by atoms with Crippen LogP contribution in [0.5, 0.6) is 0 Å². The van der Waals surface area contributed by atoms with Crippen LogP contribution in [0.25, 0.3) is 28.2 Å². The minimum atomic E-state index is -0.500. The zero-order valence-corrected chi connectivity index (χ0v) is 19.7. The molecule has 9 nitrogen and oxygen atoms in total. The van der Waals surface area contributed by atoms with E-state index in [1.165, 1.54) is 13.4 Å². The highest BCUT2D eigenvalue weighted by atomic mass is 35.5. The quantitative estimate of drug-likeness (QED) is 0.441. The number of imidazole rings is 1. The first kappa shape index (κ1) is 22.4. The molecule has 1 unspecified atom stereocenters. The molecule has 2 aromatic heterocycles. The van der Waals surface area contributed by atoms with Crippen molar-refractivity contribution in [1.82, 2.24) is 30.2 Å². The van der Waals surface area contributed by atoms with Crippen LogP contribution in [0.1, 0.15) is 0 Å².